The zero-order valence-corrected chi connectivity index (χ0v) is 21.0. The molecule has 1 aromatic carbocycles. The number of amidine groups is 1. The van der Waals surface area contributed by atoms with Gasteiger partial charge in [-0.05, 0) is 43.9 Å². The van der Waals surface area contributed by atoms with Gasteiger partial charge in [0.1, 0.15) is 16.5 Å². The van der Waals surface area contributed by atoms with Gasteiger partial charge in [-0.2, -0.15) is 4.31 Å². The molecule has 2 saturated heterocycles. The molecule has 10 nitrogen and oxygen atoms in total. The molecule has 190 valence electrons. The Morgan fingerprint density at radius 1 is 1.11 bits per heavy atom. The fourth-order valence-corrected chi connectivity index (χ4v) is 6.44. The Morgan fingerprint density at radius 2 is 1.89 bits per heavy atom. The van der Waals surface area contributed by atoms with E-state index in [1.807, 2.05) is 6.07 Å². The Labute approximate surface area is 207 Å². The minimum atomic E-state index is -3.61. The van der Waals surface area contributed by atoms with Gasteiger partial charge in [-0.3, -0.25) is 10.2 Å². The Hall–Kier alpha value is -3.05. The summed E-state index contributed by atoms with van der Waals surface area (Å²) in [6.45, 7) is 2.22. The number of amides is 1. The lowest BCUT2D eigenvalue weighted by molar-refractivity contribution is -0.130. The molecule has 11 heteroatoms. The molecule has 1 atom stereocenters. The van der Waals surface area contributed by atoms with Crippen LogP contribution in [0.4, 0.5) is 11.5 Å². The van der Waals surface area contributed by atoms with Gasteiger partial charge in [0, 0.05) is 45.5 Å². The summed E-state index contributed by atoms with van der Waals surface area (Å²) in [5, 5.41) is 17.8. The highest BCUT2D eigenvalue weighted by molar-refractivity contribution is 7.89. The van der Waals surface area contributed by atoms with Crippen molar-refractivity contribution in [2.24, 2.45) is 0 Å². The molecule has 0 radical (unpaired) electrons. The fraction of sp³-hybridized carbons (Fsp3) is 0.500. The van der Waals surface area contributed by atoms with Gasteiger partial charge in [0.05, 0.1) is 17.8 Å². The summed E-state index contributed by atoms with van der Waals surface area (Å²) in [6.07, 6.45) is 6.28. The van der Waals surface area contributed by atoms with Crippen LogP contribution < -0.4 is 16.0 Å². The van der Waals surface area contributed by atoms with Crippen molar-refractivity contribution in [3.63, 3.8) is 0 Å². The second kappa shape index (κ2) is 11.1. The predicted octanol–water partition coefficient (Wildman–Crippen LogP) is 2.25. The SMILES string of the molecule is CNc1[nH]ccc1C(=N)N[C@@H]1CCCN(C(=O)CNc2ccccc2S(=O)(=O)N2CCCCC2)C1. The lowest BCUT2D eigenvalue weighted by Gasteiger charge is -2.34. The molecular formula is C24H35N7O3S. The summed E-state index contributed by atoms with van der Waals surface area (Å²) >= 11 is 0. The van der Waals surface area contributed by atoms with Crippen molar-refractivity contribution in [3.05, 3.63) is 42.1 Å². The highest BCUT2D eigenvalue weighted by atomic mass is 32.2. The van der Waals surface area contributed by atoms with Crippen molar-refractivity contribution >= 4 is 33.3 Å². The minimum absolute atomic E-state index is 0.0123. The lowest BCUT2D eigenvalue weighted by atomic mass is 10.0. The molecule has 4 rings (SSSR count). The molecule has 1 aromatic heterocycles. The van der Waals surface area contributed by atoms with E-state index in [0.29, 0.717) is 37.7 Å². The Kier molecular flexibility index (Phi) is 7.97. The predicted molar refractivity (Wildman–Crippen MR) is 137 cm³/mol. The standard InChI is InChI=1S/C24H35N7O3S/c1-26-24-19(11-12-27-24)23(25)29-18-8-7-13-30(17-18)22(32)16-28-20-9-3-4-10-21(20)35(33,34)31-14-5-2-6-15-31/h3-4,9-12,18,26-28H,2,5-8,13-17H2,1H3,(H2,25,29)/t18-/m1/s1. The van der Waals surface area contributed by atoms with E-state index in [4.69, 9.17) is 5.41 Å². The summed E-state index contributed by atoms with van der Waals surface area (Å²) < 4.78 is 27.9. The highest BCUT2D eigenvalue weighted by Gasteiger charge is 2.29. The zero-order chi connectivity index (χ0) is 24.8. The van der Waals surface area contributed by atoms with Crippen molar-refractivity contribution in [1.29, 1.82) is 5.41 Å². The van der Waals surface area contributed by atoms with Crippen LogP contribution in [-0.2, 0) is 14.8 Å². The van der Waals surface area contributed by atoms with E-state index < -0.39 is 10.0 Å². The summed E-state index contributed by atoms with van der Waals surface area (Å²) in [5.41, 5.74) is 1.20. The number of aromatic nitrogens is 1. The van der Waals surface area contributed by atoms with Crippen molar-refractivity contribution in [2.45, 2.75) is 43.0 Å². The van der Waals surface area contributed by atoms with Crippen LogP contribution in [0.3, 0.4) is 0 Å². The molecule has 5 N–H and O–H groups in total. The summed E-state index contributed by atoms with van der Waals surface area (Å²) in [4.78, 5) is 18.1. The number of benzene rings is 1. The van der Waals surface area contributed by atoms with Crippen molar-refractivity contribution in [2.75, 3.05) is 50.4 Å². The molecule has 3 heterocycles. The van der Waals surface area contributed by atoms with E-state index in [0.717, 1.165) is 43.5 Å². The molecule has 2 aromatic rings. The Morgan fingerprint density at radius 3 is 2.66 bits per heavy atom. The molecule has 1 amide bonds. The van der Waals surface area contributed by atoms with Crippen LogP contribution >= 0.6 is 0 Å². The van der Waals surface area contributed by atoms with E-state index in [2.05, 4.69) is 20.9 Å². The third kappa shape index (κ3) is 5.79. The maximum Gasteiger partial charge on any atom is 0.245 e. The van der Waals surface area contributed by atoms with Crippen LogP contribution in [0.25, 0.3) is 0 Å². The smallest absolute Gasteiger partial charge is 0.245 e. The summed E-state index contributed by atoms with van der Waals surface area (Å²) in [7, 11) is -1.81. The second-order valence-electron chi connectivity index (χ2n) is 9.03. The van der Waals surface area contributed by atoms with Gasteiger partial charge in [-0.15, -0.1) is 0 Å². The number of rotatable bonds is 8. The molecule has 2 aliphatic heterocycles. The first-order valence-electron chi connectivity index (χ1n) is 12.2. The third-order valence-electron chi connectivity index (χ3n) is 6.64. The van der Waals surface area contributed by atoms with Gasteiger partial charge < -0.3 is 25.8 Å². The van der Waals surface area contributed by atoms with Crippen LogP contribution in [0.2, 0.25) is 0 Å². The lowest BCUT2D eigenvalue weighted by Crippen LogP contribution is -2.50. The van der Waals surface area contributed by atoms with E-state index in [-0.39, 0.29) is 23.4 Å². The number of nitrogens with zero attached hydrogens (tertiary/aromatic N) is 2. The quantitative estimate of drug-likeness (QED) is 0.278. The van der Waals surface area contributed by atoms with Crippen molar-refractivity contribution in [3.8, 4) is 0 Å². The van der Waals surface area contributed by atoms with Crippen LogP contribution in [0.1, 0.15) is 37.7 Å². The van der Waals surface area contributed by atoms with Crippen molar-refractivity contribution < 1.29 is 13.2 Å². The summed E-state index contributed by atoms with van der Waals surface area (Å²) in [5.74, 6) is 0.990. The van der Waals surface area contributed by atoms with E-state index >= 15 is 0 Å². The molecule has 35 heavy (non-hydrogen) atoms. The average Bonchev–Trinajstić information content (AvgIpc) is 3.37. The number of carbonyl (C=O) groups excluding carboxylic acids is 1. The second-order valence-corrected chi connectivity index (χ2v) is 10.9. The monoisotopic (exact) mass is 501 g/mol. The molecule has 0 saturated carbocycles. The Balaban J connectivity index is 1.36. The number of piperidine rings is 2. The first-order chi connectivity index (χ1) is 16.9. The molecular weight excluding hydrogens is 466 g/mol. The fourth-order valence-electron chi connectivity index (χ4n) is 4.75. The minimum Gasteiger partial charge on any atom is -0.375 e. The van der Waals surface area contributed by atoms with Crippen molar-refractivity contribution in [1.82, 2.24) is 19.5 Å². The van der Waals surface area contributed by atoms with Gasteiger partial charge in [0.15, 0.2) is 0 Å². The number of hydrogen-bond donors (Lipinski definition) is 5. The molecule has 0 spiro atoms. The maximum atomic E-state index is 13.2. The third-order valence-corrected chi connectivity index (χ3v) is 8.60. The van der Waals surface area contributed by atoms with E-state index in [1.165, 1.54) is 0 Å². The molecule has 2 fully saturated rings. The van der Waals surface area contributed by atoms with E-state index in [9.17, 15) is 13.2 Å². The molecule has 0 unspecified atom stereocenters. The zero-order valence-electron chi connectivity index (χ0n) is 20.1. The number of anilines is 2. The molecule has 0 bridgehead atoms. The normalized spacial score (nSPS) is 19.2. The van der Waals surface area contributed by atoms with E-state index in [1.54, 1.807) is 46.7 Å². The summed E-state index contributed by atoms with van der Waals surface area (Å²) in [6, 6.07) is 8.61. The van der Waals surface area contributed by atoms with Gasteiger partial charge in [-0.1, -0.05) is 18.6 Å². The maximum absolute atomic E-state index is 13.2. The van der Waals surface area contributed by atoms with Crippen LogP contribution in [0.5, 0.6) is 0 Å². The number of hydrogen-bond acceptors (Lipinski definition) is 6. The van der Waals surface area contributed by atoms with Gasteiger partial charge in [0.2, 0.25) is 15.9 Å². The van der Waals surface area contributed by atoms with Gasteiger partial charge in [0.25, 0.3) is 0 Å². The number of para-hydroxylation sites is 1. The number of aromatic amines is 1. The number of nitrogens with one attached hydrogen (secondary N) is 5. The van der Waals surface area contributed by atoms with Crippen LogP contribution in [0.15, 0.2) is 41.4 Å². The number of carbonyl (C=O) groups is 1. The first-order valence-corrected chi connectivity index (χ1v) is 13.7. The van der Waals surface area contributed by atoms with Crippen LogP contribution in [-0.4, -0.2) is 80.2 Å². The Bertz CT molecular complexity index is 1140. The van der Waals surface area contributed by atoms with Gasteiger partial charge in [-0.25, -0.2) is 8.42 Å². The number of likely N-dealkylation sites (tertiary alicyclic amines) is 1. The molecule has 0 aliphatic carbocycles. The highest BCUT2D eigenvalue weighted by Crippen LogP contribution is 2.27. The number of H-pyrrole nitrogens is 1. The van der Waals surface area contributed by atoms with Crippen LogP contribution in [0, 0.1) is 5.41 Å². The topological polar surface area (TPSA) is 133 Å². The molecule has 2 aliphatic rings. The average molecular weight is 502 g/mol. The largest absolute Gasteiger partial charge is 0.375 e. The first kappa shape index (κ1) is 25.1. The number of sulfonamides is 1. The van der Waals surface area contributed by atoms with Gasteiger partial charge >= 0.3 is 0 Å².